The number of likely N-dealkylation sites (tertiary alicyclic amines) is 1. The number of hydrogen-bond donors (Lipinski definition) is 0. The Morgan fingerprint density at radius 1 is 1.10 bits per heavy atom. The van der Waals surface area contributed by atoms with Gasteiger partial charge in [0.05, 0.1) is 23.8 Å². The molecule has 4 heterocycles. The van der Waals surface area contributed by atoms with E-state index in [1.807, 2.05) is 48.8 Å². The van der Waals surface area contributed by atoms with E-state index in [0.717, 1.165) is 60.4 Å². The third-order valence-electron chi connectivity index (χ3n) is 5.85. The molecule has 0 unspecified atom stereocenters. The van der Waals surface area contributed by atoms with Gasteiger partial charge in [0.25, 0.3) is 0 Å². The first kappa shape index (κ1) is 19.4. The predicted octanol–water partition coefficient (Wildman–Crippen LogP) is 4.63. The molecule has 0 aliphatic carbocycles. The van der Waals surface area contributed by atoms with Crippen LogP contribution in [0.3, 0.4) is 0 Å². The summed E-state index contributed by atoms with van der Waals surface area (Å²) in [6.45, 7) is 3.45. The van der Waals surface area contributed by atoms with Crippen molar-refractivity contribution in [2.24, 2.45) is 10.9 Å². The molecule has 0 saturated carbocycles. The van der Waals surface area contributed by atoms with E-state index in [9.17, 15) is 0 Å². The first-order valence-corrected chi connectivity index (χ1v) is 10.6. The van der Waals surface area contributed by atoms with E-state index in [-0.39, 0.29) is 5.92 Å². The molecule has 0 atom stereocenters. The minimum atomic E-state index is 0.207. The first-order chi connectivity index (χ1) is 15.3. The predicted molar refractivity (Wildman–Crippen MR) is 121 cm³/mol. The van der Waals surface area contributed by atoms with Gasteiger partial charge < -0.3 is 4.74 Å². The Kier molecular flexibility index (Phi) is 5.42. The van der Waals surface area contributed by atoms with Crippen LogP contribution in [-0.2, 0) is 6.54 Å². The van der Waals surface area contributed by atoms with Crippen LogP contribution in [0.4, 0.5) is 0 Å². The topological polar surface area (TPSA) is 74.4 Å². The molecule has 154 valence electrons. The van der Waals surface area contributed by atoms with Crippen molar-refractivity contribution in [2.45, 2.75) is 19.4 Å². The number of ether oxygens (including phenoxy) is 1. The van der Waals surface area contributed by atoms with Gasteiger partial charge in [-0.3, -0.25) is 14.9 Å². The maximum atomic E-state index is 9.06. The molecule has 1 aromatic carbocycles. The van der Waals surface area contributed by atoms with Crippen LogP contribution in [0.1, 0.15) is 24.1 Å². The number of piperidine rings is 1. The van der Waals surface area contributed by atoms with Crippen LogP contribution in [0.5, 0.6) is 11.6 Å². The third kappa shape index (κ3) is 4.47. The van der Waals surface area contributed by atoms with Crippen LogP contribution < -0.4 is 4.74 Å². The summed E-state index contributed by atoms with van der Waals surface area (Å²) in [5.74, 6) is 1.51. The van der Waals surface area contributed by atoms with Crippen LogP contribution in [0.15, 0.2) is 59.7 Å². The van der Waals surface area contributed by atoms with Crippen LogP contribution in [0.25, 0.3) is 16.5 Å². The summed E-state index contributed by atoms with van der Waals surface area (Å²) in [7, 11) is 0. The van der Waals surface area contributed by atoms with E-state index in [4.69, 9.17) is 15.0 Å². The Bertz CT molecular complexity index is 1180. The molecule has 5 rings (SSSR count). The van der Waals surface area contributed by atoms with Gasteiger partial charge in [-0.1, -0.05) is 6.07 Å². The molecule has 31 heavy (non-hydrogen) atoms. The van der Waals surface area contributed by atoms with Crippen molar-refractivity contribution in [3.05, 3.63) is 66.0 Å². The first-order valence-electron chi connectivity index (χ1n) is 10.6. The number of fused-ring (bicyclic) bond motifs is 1. The van der Waals surface area contributed by atoms with Gasteiger partial charge in [0.2, 0.25) is 5.88 Å². The zero-order valence-corrected chi connectivity index (χ0v) is 17.2. The van der Waals surface area contributed by atoms with E-state index >= 15 is 0 Å². The second kappa shape index (κ2) is 8.66. The number of aromatic nitrogens is 2. The minimum absolute atomic E-state index is 0.207. The lowest BCUT2D eigenvalue weighted by molar-refractivity contribution is 0.196. The fourth-order valence-corrected chi connectivity index (χ4v) is 4.03. The molecule has 0 bridgehead atoms. The number of pyridine rings is 2. The Morgan fingerprint density at radius 2 is 2.00 bits per heavy atom. The summed E-state index contributed by atoms with van der Waals surface area (Å²) in [6, 6.07) is 16.4. The van der Waals surface area contributed by atoms with E-state index in [1.165, 1.54) is 5.57 Å². The maximum Gasteiger partial charge on any atom is 0.219 e. The largest absolute Gasteiger partial charge is 0.439 e. The van der Waals surface area contributed by atoms with Crippen molar-refractivity contribution in [1.29, 1.82) is 5.26 Å². The lowest BCUT2D eigenvalue weighted by Gasteiger charge is -2.28. The summed E-state index contributed by atoms with van der Waals surface area (Å²) in [6.07, 6.45) is 7.56. The smallest absolute Gasteiger partial charge is 0.219 e. The highest BCUT2D eigenvalue weighted by molar-refractivity contribution is 5.89. The van der Waals surface area contributed by atoms with Gasteiger partial charge in [0.15, 0.2) is 0 Å². The summed E-state index contributed by atoms with van der Waals surface area (Å²) in [5.41, 5.74) is 4.24. The number of benzene rings is 1. The Hall–Kier alpha value is -3.56. The molecule has 0 radical (unpaired) electrons. The average Bonchev–Trinajstić information content (AvgIpc) is 3.35. The summed E-state index contributed by atoms with van der Waals surface area (Å²) >= 11 is 0. The molecule has 2 aromatic heterocycles. The molecular weight excluding hydrogens is 386 g/mol. The molecule has 0 amide bonds. The zero-order chi connectivity index (χ0) is 21.0. The standard InChI is InChI=1S/C25H23N5O/c26-14-18-8-11-30(12-9-18)17-22-3-1-19-13-23(4-5-24(19)29-22)31-25-6-2-20(16-28-25)21-7-10-27-15-21/h1-7,10,13,16,18H,8-9,11-12,15,17H2. The molecular formula is C25H23N5O. The molecule has 1 fully saturated rings. The van der Waals surface area contributed by atoms with E-state index in [2.05, 4.69) is 33.1 Å². The lowest BCUT2D eigenvalue weighted by atomic mass is 9.98. The molecule has 3 aromatic rings. The van der Waals surface area contributed by atoms with E-state index in [1.54, 1.807) is 0 Å². The number of hydrogen-bond acceptors (Lipinski definition) is 6. The van der Waals surface area contributed by atoms with Gasteiger partial charge >= 0.3 is 0 Å². The SMILES string of the molecule is N#CC1CCN(Cc2ccc3cc(Oc4ccc(C5=CC=NC5)cn4)ccc3n2)CC1. The highest BCUT2D eigenvalue weighted by Gasteiger charge is 2.19. The van der Waals surface area contributed by atoms with Crippen molar-refractivity contribution >= 4 is 22.7 Å². The molecule has 1 saturated heterocycles. The Balaban J connectivity index is 1.25. The molecule has 6 nitrogen and oxygen atoms in total. The number of nitrogens with zero attached hydrogens (tertiary/aromatic N) is 5. The monoisotopic (exact) mass is 409 g/mol. The van der Waals surface area contributed by atoms with Crippen LogP contribution >= 0.6 is 0 Å². The van der Waals surface area contributed by atoms with Gasteiger partial charge in [0.1, 0.15) is 5.75 Å². The van der Waals surface area contributed by atoms with Gasteiger partial charge in [0, 0.05) is 36.3 Å². The fourth-order valence-electron chi connectivity index (χ4n) is 4.03. The van der Waals surface area contributed by atoms with E-state index < -0.39 is 0 Å². The number of rotatable bonds is 5. The zero-order valence-electron chi connectivity index (χ0n) is 17.2. The Morgan fingerprint density at radius 3 is 2.74 bits per heavy atom. The number of nitriles is 1. The summed E-state index contributed by atoms with van der Waals surface area (Å²) in [5, 5.41) is 10.1. The van der Waals surface area contributed by atoms with E-state index in [0.29, 0.717) is 12.4 Å². The highest BCUT2D eigenvalue weighted by Crippen LogP contribution is 2.26. The van der Waals surface area contributed by atoms with Crippen LogP contribution in [0.2, 0.25) is 0 Å². The lowest BCUT2D eigenvalue weighted by Crippen LogP contribution is -2.33. The minimum Gasteiger partial charge on any atom is -0.439 e. The Labute approximate surface area is 181 Å². The molecule has 0 spiro atoms. The second-order valence-electron chi connectivity index (χ2n) is 8.01. The van der Waals surface area contributed by atoms with Crippen molar-refractivity contribution < 1.29 is 4.74 Å². The summed E-state index contributed by atoms with van der Waals surface area (Å²) < 4.78 is 5.95. The average molecular weight is 409 g/mol. The number of allylic oxidation sites excluding steroid dienone is 1. The molecule has 2 aliphatic heterocycles. The van der Waals surface area contributed by atoms with Gasteiger partial charge in [-0.2, -0.15) is 5.26 Å². The van der Waals surface area contributed by atoms with Crippen LogP contribution in [0, 0.1) is 17.2 Å². The molecule has 0 N–H and O–H groups in total. The van der Waals surface area contributed by atoms with Gasteiger partial charge in [-0.05, 0) is 73.5 Å². The van der Waals surface area contributed by atoms with Crippen LogP contribution in [-0.4, -0.2) is 40.7 Å². The summed E-state index contributed by atoms with van der Waals surface area (Å²) in [4.78, 5) is 15.8. The molecule has 6 heteroatoms. The normalized spacial score (nSPS) is 16.9. The van der Waals surface area contributed by atoms with Crippen molar-refractivity contribution in [1.82, 2.24) is 14.9 Å². The quantitative estimate of drug-likeness (QED) is 0.614. The van der Waals surface area contributed by atoms with Crippen molar-refractivity contribution in [2.75, 3.05) is 19.6 Å². The van der Waals surface area contributed by atoms with Crippen molar-refractivity contribution in [3.63, 3.8) is 0 Å². The van der Waals surface area contributed by atoms with Gasteiger partial charge in [-0.15, -0.1) is 0 Å². The maximum absolute atomic E-state index is 9.06. The fraction of sp³-hybridized carbons (Fsp3) is 0.280. The highest BCUT2D eigenvalue weighted by atomic mass is 16.5. The third-order valence-corrected chi connectivity index (χ3v) is 5.85. The second-order valence-corrected chi connectivity index (χ2v) is 8.01. The van der Waals surface area contributed by atoms with Crippen molar-refractivity contribution in [3.8, 4) is 17.7 Å². The van der Waals surface area contributed by atoms with Gasteiger partial charge in [-0.25, -0.2) is 4.98 Å². The number of aliphatic imine (C=N–C) groups is 1. The molecule has 2 aliphatic rings.